The van der Waals surface area contributed by atoms with Crippen molar-refractivity contribution in [2.24, 2.45) is 0 Å². The van der Waals surface area contributed by atoms with E-state index in [0.29, 0.717) is 11.7 Å². The predicted molar refractivity (Wildman–Crippen MR) is 121 cm³/mol. The molecule has 2 aromatic heterocycles. The number of carbonyl (C=O) groups excluding carboxylic acids is 1. The maximum atomic E-state index is 13.1. The minimum absolute atomic E-state index is 0.0364. The molecule has 2 heterocycles. The summed E-state index contributed by atoms with van der Waals surface area (Å²) < 4.78 is 1.71. The smallest absolute Gasteiger partial charge is 0.263 e. The lowest BCUT2D eigenvalue weighted by atomic mass is 9.97. The second-order valence-corrected chi connectivity index (χ2v) is 9.45. The van der Waals surface area contributed by atoms with E-state index in [2.05, 4.69) is 5.32 Å². The third kappa shape index (κ3) is 3.85. The number of hydrogen-bond acceptors (Lipinski definition) is 5. The Morgan fingerprint density at radius 3 is 2.86 bits per heavy atom. The van der Waals surface area contributed by atoms with Crippen LogP contribution in [0.15, 0.2) is 28.2 Å². The molecule has 0 bridgehead atoms. The van der Waals surface area contributed by atoms with E-state index in [1.54, 1.807) is 15.9 Å². The Labute approximate surface area is 178 Å². The van der Waals surface area contributed by atoms with Gasteiger partial charge < -0.3 is 5.32 Å². The Morgan fingerprint density at radius 2 is 2.07 bits per heavy atom. The summed E-state index contributed by atoms with van der Waals surface area (Å²) >= 11 is 2.98. The fourth-order valence-electron chi connectivity index (χ4n) is 3.81. The van der Waals surface area contributed by atoms with Crippen LogP contribution in [0.3, 0.4) is 0 Å². The first kappa shape index (κ1) is 20.2. The Hall–Kier alpha value is -2.12. The Bertz CT molecular complexity index is 1150. The molecule has 0 atom stereocenters. The number of fused-ring (bicyclic) bond motifs is 3. The van der Waals surface area contributed by atoms with Crippen LogP contribution in [0, 0.1) is 13.8 Å². The average Bonchev–Trinajstić information content (AvgIpc) is 3.08. The Kier molecular flexibility index (Phi) is 5.79. The molecule has 1 amide bonds. The van der Waals surface area contributed by atoms with Crippen molar-refractivity contribution in [1.29, 1.82) is 0 Å². The van der Waals surface area contributed by atoms with Gasteiger partial charge in [0.1, 0.15) is 4.83 Å². The van der Waals surface area contributed by atoms with Crippen molar-refractivity contribution < 1.29 is 4.79 Å². The molecule has 1 N–H and O–H groups in total. The summed E-state index contributed by atoms with van der Waals surface area (Å²) in [6.07, 6.45) is 4.34. The Morgan fingerprint density at radius 1 is 1.28 bits per heavy atom. The summed E-state index contributed by atoms with van der Waals surface area (Å²) in [4.78, 5) is 32.6. The minimum Gasteiger partial charge on any atom is -0.325 e. The fourth-order valence-corrected chi connectivity index (χ4v) is 5.98. The van der Waals surface area contributed by atoms with Gasteiger partial charge in [0.25, 0.3) is 5.56 Å². The topological polar surface area (TPSA) is 64.0 Å². The van der Waals surface area contributed by atoms with Gasteiger partial charge in [-0.25, -0.2) is 4.98 Å². The summed E-state index contributed by atoms with van der Waals surface area (Å²) in [6.45, 7) is 6.53. The third-order valence-corrected chi connectivity index (χ3v) is 7.73. The molecule has 1 aromatic carbocycles. The number of thiophene rings is 1. The van der Waals surface area contributed by atoms with Crippen LogP contribution in [-0.4, -0.2) is 21.2 Å². The Balaban J connectivity index is 1.58. The number of hydrogen-bond donors (Lipinski definition) is 1. The van der Waals surface area contributed by atoms with Gasteiger partial charge in [-0.05, 0) is 69.2 Å². The molecule has 4 rings (SSSR count). The number of thioether (sulfide) groups is 1. The summed E-state index contributed by atoms with van der Waals surface area (Å²) in [6, 6.07) is 5.88. The summed E-state index contributed by atoms with van der Waals surface area (Å²) in [5.74, 6) is 0.127. The van der Waals surface area contributed by atoms with Crippen molar-refractivity contribution in [1.82, 2.24) is 9.55 Å². The maximum Gasteiger partial charge on any atom is 0.263 e. The molecule has 5 nitrogen and oxygen atoms in total. The SMILES string of the molecule is CCn1c(SCC(=O)Nc2cccc(C)c2C)nc2sc3c(c2c1=O)CCCC3. The van der Waals surface area contributed by atoms with Gasteiger partial charge in [-0.1, -0.05) is 23.9 Å². The van der Waals surface area contributed by atoms with E-state index < -0.39 is 0 Å². The monoisotopic (exact) mass is 427 g/mol. The molecular weight excluding hydrogens is 402 g/mol. The van der Waals surface area contributed by atoms with Gasteiger partial charge in [0.2, 0.25) is 5.91 Å². The highest BCUT2D eigenvalue weighted by molar-refractivity contribution is 7.99. The van der Waals surface area contributed by atoms with E-state index in [9.17, 15) is 9.59 Å². The zero-order valence-corrected chi connectivity index (χ0v) is 18.6. The fraction of sp³-hybridized carbons (Fsp3) is 0.409. The van der Waals surface area contributed by atoms with E-state index >= 15 is 0 Å². The second-order valence-electron chi connectivity index (χ2n) is 7.42. The molecular formula is C22H25N3O2S2. The maximum absolute atomic E-state index is 13.1. The first-order valence-corrected chi connectivity index (χ1v) is 11.8. The summed E-state index contributed by atoms with van der Waals surface area (Å²) in [5, 5.41) is 4.40. The number of aryl methyl sites for hydroxylation is 3. The van der Waals surface area contributed by atoms with Gasteiger partial charge in [0, 0.05) is 17.1 Å². The van der Waals surface area contributed by atoms with Crippen LogP contribution < -0.4 is 10.9 Å². The molecule has 1 aliphatic rings. The standard InChI is InChI=1S/C22H25N3O2S2/c1-4-25-21(27)19-15-9-5-6-11-17(15)29-20(19)24-22(25)28-12-18(26)23-16-10-7-8-13(2)14(16)3/h7-8,10H,4-6,9,11-12H2,1-3H3,(H,23,26). The number of carbonyl (C=O) groups is 1. The normalized spacial score (nSPS) is 13.5. The van der Waals surface area contributed by atoms with Crippen LogP contribution in [0.1, 0.15) is 41.3 Å². The highest BCUT2D eigenvalue weighted by Crippen LogP contribution is 2.34. The third-order valence-electron chi connectivity index (χ3n) is 5.57. The van der Waals surface area contributed by atoms with Gasteiger partial charge >= 0.3 is 0 Å². The molecule has 0 saturated heterocycles. The summed E-state index contributed by atoms with van der Waals surface area (Å²) in [5.41, 5.74) is 4.29. The number of amides is 1. The van der Waals surface area contributed by atoms with E-state index in [4.69, 9.17) is 4.98 Å². The van der Waals surface area contributed by atoms with Gasteiger partial charge in [-0.2, -0.15) is 0 Å². The highest BCUT2D eigenvalue weighted by Gasteiger charge is 2.22. The number of rotatable bonds is 5. The second kappa shape index (κ2) is 8.32. The molecule has 0 fully saturated rings. The van der Waals surface area contributed by atoms with Crippen molar-refractivity contribution in [3.8, 4) is 0 Å². The highest BCUT2D eigenvalue weighted by atomic mass is 32.2. The first-order chi connectivity index (χ1) is 14.0. The number of benzene rings is 1. The molecule has 3 aromatic rings. The minimum atomic E-state index is -0.0915. The van der Waals surface area contributed by atoms with Gasteiger partial charge in [-0.3, -0.25) is 14.2 Å². The number of nitrogens with one attached hydrogen (secondary N) is 1. The van der Waals surface area contributed by atoms with Gasteiger partial charge in [0.05, 0.1) is 11.1 Å². The van der Waals surface area contributed by atoms with Crippen molar-refractivity contribution in [2.75, 3.05) is 11.1 Å². The molecule has 29 heavy (non-hydrogen) atoms. The molecule has 0 radical (unpaired) electrons. The molecule has 0 spiro atoms. The van der Waals surface area contributed by atoms with Crippen LogP contribution in [0.4, 0.5) is 5.69 Å². The lowest BCUT2D eigenvalue weighted by molar-refractivity contribution is -0.113. The van der Waals surface area contributed by atoms with Crippen LogP contribution in [0.25, 0.3) is 10.2 Å². The summed E-state index contributed by atoms with van der Waals surface area (Å²) in [7, 11) is 0. The first-order valence-electron chi connectivity index (χ1n) is 10.0. The lowest BCUT2D eigenvalue weighted by Gasteiger charge is -2.13. The zero-order chi connectivity index (χ0) is 20.5. The van der Waals surface area contributed by atoms with Gasteiger partial charge in [-0.15, -0.1) is 11.3 Å². The van der Waals surface area contributed by atoms with E-state index in [1.807, 2.05) is 39.0 Å². The van der Waals surface area contributed by atoms with Crippen LogP contribution >= 0.6 is 23.1 Å². The molecule has 7 heteroatoms. The van der Waals surface area contributed by atoms with E-state index in [1.165, 1.54) is 28.6 Å². The van der Waals surface area contributed by atoms with Crippen molar-refractivity contribution in [3.63, 3.8) is 0 Å². The number of anilines is 1. The molecule has 1 aliphatic carbocycles. The molecule has 0 aliphatic heterocycles. The average molecular weight is 428 g/mol. The van der Waals surface area contributed by atoms with Gasteiger partial charge in [0.15, 0.2) is 5.16 Å². The lowest BCUT2D eigenvalue weighted by Crippen LogP contribution is -2.24. The van der Waals surface area contributed by atoms with E-state index in [-0.39, 0.29) is 17.2 Å². The number of nitrogens with zero attached hydrogens (tertiary/aromatic N) is 2. The van der Waals surface area contributed by atoms with Crippen molar-refractivity contribution >= 4 is 44.9 Å². The largest absolute Gasteiger partial charge is 0.325 e. The van der Waals surface area contributed by atoms with Crippen LogP contribution in [0.2, 0.25) is 0 Å². The zero-order valence-electron chi connectivity index (χ0n) is 17.0. The molecule has 0 unspecified atom stereocenters. The van der Waals surface area contributed by atoms with Crippen molar-refractivity contribution in [3.05, 3.63) is 50.1 Å². The van der Waals surface area contributed by atoms with Crippen LogP contribution in [0.5, 0.6) is 0 Å². The molecule has 0 saturated carbocycles. The van der Waals surface area contributed by atoms with Crippen molar-refractivity contribution in [2.45, 2.75) is 58.2 Å². The quantitative estimate of drug-likeness (QED) is 0.473. The van der Waals surface area contributed by atoms with E-state index in [0.717, 1.165) is 46.3 Å². The predicted octanol–water partition coefficient (Wildman–Crippen LogP) is 4.70. The molecule has 152 valence electrons. The van der Waals surface area contributed by atoms with Crippen LogP contribution in [-0.2, 0) is 24.2 Å². The number of aromatic nitrogens is 2.